The molecule has 1 amide bonds. The van der Waals surface area contributed by atoms with Crippen molar-refractivity contribution in [3.63, 3.8) is 0 Å². The van der Waals surface area contributed by atoms with E-state index in [9.17, 15) is 4.79 Å². The van der Waals surface area contributed by atoms with Gasteiger partial charge in [-0.15, -0.1) is 11.3 Å². The van der Waals surface area contributed by atoms with Gasteiger partial charge in [0.05, 0.1) is 6.10 Å². The van der Waals surface area contributed by atoms with Crippen LogP contribution in [0.3, 0.4) is 0 Å². The fourth-order valence-electron chi connectivity index (χ4n) is 2.79. The first kappa shape index (κ1) is 15.2. The average Bonchev–Trinajstić information content (AvgIpc) is 3.33. The third kappa shape index (κ3) is 3.27. The highest BCUT2D eigenvalue weighted by molar-refractivity contribution is 7.13. The number of aromatic nitrogens is 2. The van der Waals surface area contributed by atoms with Gasteiger partial charge in [0, 0.05) is 35.9 Å². The van der Waals surface area contributed by atoms with E-state index >= 15 is 0 Å². The van der Waals surface area contributed by atoms with Crippen molar-refractivity contribution in [2.24, 2.45) is 0 Å². The number of nitrogens with one attached hydrogen (secondary N) is 3. The van der Waals surface area contributed by atoms with Crippen LogP contribution in [-0.4, -0.2) is 35.1 Å². The largest absolute Gasteiger partial charge is 0.376 e. The molecule has 0 saturated carbocycles. The smallest absolute Gasteiger partial charge is 0.275 e. The van der Waals surface area contributed by atoms with Crippen LogP contribution in [-0.2, 0) is 4.74 Å². The van der Waals surface area contributed by atoms with Crippen molar-refractivity contribution in [1.82, 2.24) is 9.97 Å². The number of nitrogens with zero attached hydrogens (tertiary/aromatic N) is 1. The maximum Gasteiger partial charge on any atom is 0.275 e. The molecule has 7 heteroatoms. The number of thiazole rings is 1. The Bertz CT molecular complexity index is 851. The number of fused-ring (bicyclic) bond motifs is 1. The van der Waals surface area contributed by atoms with Crippen LogP contribution in [0.5, 0.6) is 0 Å². The first-order valence-corrected chi connectivity index (χ1v) is 8.85. The Morgan fingerprint density at radius 2 is 2.38 bits per heavy atom. The third-order valence-electron chi connectivity index (χ3n) is 4.05. The molecule has 6 nitrogen and oxygen atoms in total. The van der Waals surface area contributed by atoms with E-state index in [1.165, 1.54) is 11.3 Å². The minimum Gasteiger partial charge on any atom is -0.376 e. The van der Waals surface area contributed by atoms with Gasteiger partial charge in [-0.2, -0.15) is 0 Å². The van der Waals surface area contributed by atoms with Gasteiger partial charge in [0.2, 0.25) is 0 Å². The topological polar surface area (TPSA) is 79.0 Å². The molecule has 4 rings (SSSR count). The molecule has 0 unspecified atom stereocenters. The number of H-pyrrole nitrogens is 1. The van der Waals surface area contributed by atoms with Crippen LogP contribution in [0.15, 0.2) is 35.8 Å². The van der Waals surface area contributed by atoms with Gasteiger partial charge in [0.1, 0.15) is 5.69 Å². The van der Waals surface area contributed by atoms with E-state index in [0.29, 0.717) is 5.69 Å². The van der Waals surface area contributed by atoms with E-state index in [0.717, 1.165) is 47.7 Å². The molecular weight excluding hydrogens is 324 g/mol. The number of carbonyl (C=O) groups excluding carboxylic acids is 1. The fraction of sp³-hybridized carbons (Fsp3) is 0.294. The van der Waals surface area contributed by atoms with Gasteiger partial charge in [0.15, 0.2) is 5.13 Å². The fourth-order valence-corrected chi connectivity index (χ4v) is 3.49. The van der Waals surface area contributed by atoms with Crippen molar-refractivity contribution in [3.8, 4) is 0 Å². The zero-order chi connectivity index (χ0) is 16.4. The van der Waals surface area contributed by atoms with Gasteiger partial charge >= 0.3 is 0 Å². The maximum absolute atomic E-state index is 12.3. The van der Waals surface area contributed by atoms with Gasteiger partial charge in [-0.25, -0.2) is 4.98 Å². The van der Waals surface area contributed by atoms with Crippen LogP contribution >= 0.6 is 11.3 Å². The van der Waals surface area contributed by atoms with Crippen molar-refractivity contribution in [2.75, 3.05) is 23.8 Å². The number of benzene rings is 1. The SMILES string of the molecule is O=C(Nc1ccc2cc[nH]c2c1)c1csc(NC[C@@H]2CCCO2)n1. The van der Waals surface area contributed by atoms with Crippen molar-refractivity contribution < 1.29 is 9.53 Å². The molecule has 2 aromatic heterocycles. The van der Waals surface area contributed by atoms with Crippen LogP contribution in [0.2, 0.25) is 0 Å². The maximum atomic E-state index is 12.3. The van der Waals surface area contributed by atoms with E-state index in [2.05, 4.69) is 20.6 Å². The van der Waals surface area contributed by atoms with Gasteiger partial charge in [0.25, 0.3) is 5.91 Å². The van der Waals surface area contributed by atoms with Crippen LogP contribution in [0, 0.1) is 0 Å². The summed E-state index contributed by atoms with van der Waals surface area (Å²) in [7, 11) is 0. The number of rotatable bonds is 5. The Morgan fingerprint density at radius 3 is 3.25 bits per heavy atom. The van der Waals surface area contributed by atoms with Crippen LogP contribution in [0.4, 0.5) is 10.8 Å². The van der Waals surface area contributed by atoms with E-state index in [4.69, 9.17) is 4.74 Å². The monoisotopic (exact) mass is 342 g/mol. The first-order valence-electron chi connectivity index (χ1n) is 7.97. The molecule has 1 fully saturated rings. The summed E-state index contributed by atoms with van der Waals surface area (Å²) in [5.74, 6) is -0.206. The lowest BCUT2D eigenvalue weighted by atomic mass is 10.2. The number of ether oxygens (including phenoxy) is 1. The number of anilines is 2. The summed E-state index contributed by atoms with van der Waals surface area (Å²) in [6, 6.07) is 7.76. The molecule has 0 bridgehead atoms. The molecule has 0 spiro atoms. The molecule has 0 aliphatic carbocycles. The minimum absolute atomic E-state index is 0.206. The summed E-state index contributed by atoms with van der Waals surface area (Å²) in [4.78, 5) is 19.8. The number of aromatic amines is 1. The number of hydrogen-bond donors (Lipinski definition) is 3. The number of amides is 1. The quantitative estimate of drug-likeness (QED) is 0.663. The molecule has 124 valence electrons. The molecule has 1 saturated heterocycles. The average molecular weight is 342 g/mol. The van der Waals surface area contributed by atoms with E-state index in [1.54, 1.807) is 5.38 Å². The normalized spacial score (nSPS) is 17.2. The molecule has 3 N–H and O–H groups in total. The summed E-state index contributed by atoms with van der Waals surface area (Å²) >= 11 is 1.43. The van der Waals surface area contributed by atoms with E-state index in [-0.39, 0.29) is 12.0 Å². The van der Waals surface area contributed by atoms with Crippen LogP contribution in [0.1, 0.15) is 23.3 Å². The highest BCUT2D eigenvalue weighted by Gasteiger charge is 2.16. The lowest BCUT2D eigenvalue weighted by molar-refractivity contribution is 0.102. The summed E-state index contributed by atoms with van der Waals surface area (Å²) in [5.41, 5.74) is 2.16. The molecule has 1 aliphatic heterocycles. The summed E-state index contributed by atoms with van der Waals surface area (Å²) in [5, 5.41) is 9.75. The number of carbonyl (C=O) groups is 1. The summed E-state index contributed by atoms with van der Waals surface area (Å²) < 4.78 is 5.57. The summed E-state index contributed by atoms with van der Waals surface area (Å²) in [6.07, 6.45) is 4.32. The van der Waals surface area contributed by atoms with Gasteiger partial charge in [-0.1, -0.05) is 6.07 Å². The van der Waals surface area contributed by atoms with E-state index in [1.807, 2.05) is 30.5 Å². The molecule has 3 heterocycles. The highest BCUT2D eigenvalue weighted by atomic mass is 32.1. The zero-order valence-corrected chi connectivity index (χ0v) is 13.9. The van der Waals surface area contributed by atoms with Gasteiger partial charge in [-0.3, -0.25) is 4.79 Å². The van der Waals surface area contributed by atoms with Crippen LogP contribution in [0.25, 0.3) is 10.9 Å². The Kier molecular flexibility index (Phi) is 4.18. The van der Waals surface area contributed by atoms with Crippen molar-refractivity contribution in [3.05, 3.63) is 41.5 Å². The lowest BCUT2D eigenvalue weighted by Crippen LogP contribution is -2.18. The van der Waals surface area contributed by atoms with Gasteiger partial charge in [-0.05, 0) is 36.4 Å². The zero-order valence-electron chi connectivity index (χ0n) is 13.0. The van der Waals surface area contributed by atoms with Crippen molar-refractivity contribution >= 4 is 39.0 Å². The van der Waals surface area contributed by atoms with Crippen molar-refractivity contribution in [2.45, 2.75) is 18.9 Å². The molecule has 1 aromatic carbocycles. The highest BCUT2D eigenvalue weighted by Crippen LogP contribution is 2.21. The predicted octanol–water partition coefficient (Wildman–Crippen LogP) is 3.47. The standard InChI is InChI=1S/C17H18N4O2S/c22-16(20-12-4-3-11-5-6-18-14(11)8-12)15-10-24-17(21-15)19-9-13-2-1-7-23-13/h3-6,8,10,13,18H,1-2,7,9H2,(H,19,21)(H,20,22)/t13-/m0/s1. The second kappa shape index (κ2) is 6.62. The summed E-state index contributed by atoms with van der Waals surface area (Å²) in [6.45, 7) is 1.57. The molecule has 3 aromatic rings. The number of hydrogen-bond acceptors (Lipinski definition) is 5. The molecule has 24 heavy (non-hydrogen) atoms. The molecule has 0 radical (unpaired) electrons. The van der Waals surface area contributed by atoms with Crippen molar-refractivity contribution in [1.29, 1.82) is 0 Å². The Morgan fingerprint density at radius 1 is 1.42 bits per heavy atom. The Hall–Kier alpha value is -2.38. The second-order valence-electron chi connectivity index (χ2n) is 5.79. The Labute approximate surface area is 143 Å². The third-order valence-corrected chi connectivity index (χ3v) is 4.85. The van der Waals surface area contributed by atoms with E-state index < -0.39 is 0 Å². The molecule has 1 aliphatic rings. The second-order valence-corrected chi connectivity index (χ2v) is 6.65. The predicted molar refractivity (Wildman–Crippen MR) is 95.8 cm³/mol. The molecule has 1 atom stereocenters. The Balaban J connectivity index is 1.38. The van der Waals surface area contributed by atoms with Crippen LogP contribution < -0.4 is 10.6 Å². The minimum atomic E-state index is -0.206. The first-order chi connectivity index (χ1) is 11.8. The molecular formula is C17H18N4O2S. The lowest BCUT2D eigenvalue weighted by Gasteiger charge is -2.09. The van der Waals surface area contributed by atoms with Gasteiger partial charge < -0.3 is 20.4 Å².